The van der Waals surface area contributed by atoms with Gasteiger partial charge in [-0.15, -0.1) is 0 Å². The molecule has 0 bridgehead atoms. The van der Waals surface area contributed by atoms with Crippen molar-refractivity contribution >= 4 is 17.0 Å². The molecule has 0 heterocycles. The second-order valence-corrected chi connectivity index (χ2v) is 13.1. The molecule has 170 valence electrons. The van der Waals surface area contributed by atoms with Gasteiger partial charge in [-0.2, -0.15) is 6.54 Å². The fraction of sp³-hybridized carbons (Fsp3) is 0.538. The molecular weight excluding hydrogens is 502 g/mol. The van der Waals surface area contributed by atoms with Gasteiger partial charge in [-0.25, -0.2) is 0 Å². The minimum atomic E-state index is -1.07. The molecule has 5 heteroatoms. The summed E-state index contributed by atoms with van der Waals surface area (Å²) in [6.45, 7) is 17.6. The van der Waals surface area contributed by atoms with Crippen molar-refractivity contribution in [3.05, 3.63) is 81.2 Å². The predicted octanol–water partition coefficient (Wildman–Crippen LogP) is 9.90. The van der Waals surface area contributed by atoms with Gasteiger partial charge >= 0.3 is 37.9 Å². The van der Waals surface area contributed by atoms with E-state index in [2.05, 4.69) is 91.8 Å². The van der Waals surface area contributed by atoms with Gasteiger partial charge in [0.05, 0.1) is 0 Å². The van der Waals surface area contributed by atoms with Crippen LogP contribution in [0.25, 0.3) is 11.5 Å². The van der Waals surface area contributed by atoms with Gasteiger partial charge in [0.15, 0.2) is 0 Å². The standard InChI is InChI=1S/C26H38N2.2ClH.Zr/c1-16(2)20-11-9-12-21(17(3)4)24(20)26(28,15-27)25-22(18(5)6)13-10-14-23(25)19(7)8;;;/h9-14,16-19,27-28H,15H2,1-8H3;2*1H;/q-2;;;+4/p-2. The van der Waals surface area contributed by atoms with Crippen LogP contribution in [0.15, 0.2) is 36.4 Å². The van der Waals surface area contributed by atoms with Gasteiger partial charge < -0.3 is 11.5 Å². The van der Waals surface area contributed by atoms with Crippen LogP contribution in [0.3, 0.4) is 0 Å². The third-order valence-electron chi connectivity index (χ3n) is 5.86. The van der Waals surface area contributed by atoms with Crippen LogP contribution in [-0.4, -0.2) is 6.54 Å². The van der Waals surface area contributed by atoms with Crippen LogP contribution in [0.2, 0.25) is 0 Å². The molecule has 0 spiro atoms. The Balaban J connectivity index is 0.00000151. The number of benzene rings is 2. The molecule has 0 fully saturated rings. The molecule has 31 heavy (non-hydrogen) atoms. The van der Waals surface area contributed by atoms with Crippen LogP contribution in [0.4, 0.5) is 0 Å². The average Bonchev–Trinajstić information content (AvgIpc) is 2.72. The molecular formula is C26H38Cl2N2Zr. The van der Waals surface area contributed by atoms with Gasteiger partial charge in [-0.05, 0) is 45.9 Å². The van der Waals surface area contributed by atoms with Gasteiger partial charge in [0, 0.05) is 0 Å². The number of halogens is 2. The van der Waals surface area contributed by atoms with E-state index in [0.29, 0.717) is 23.7 Å². The van der Waals surface area contributed by atoms with Gasteiger partial charge in [0.2, 0.25) is 0 Å². The summed E-state index contributed by atoms with van der Waals surface area (Å²) < 4.78 is 0. The van der Waals surface area contributed by atoms with Gasteiger partial charge in [0.1, 0.15) is 0 Å². The zero-order chi connectivity index (χ0) is 23.9. The SMILES string of the molecule is CC(C)c1cccc(C(C)C)c1C([NH-])(C[NH-])c1c(C(C)C)cccc1C(C)C.[Cl][Zr+2][Cl]. The molecule has 0 aliphatic carbocycles. The van der Waals surface area contributed by atoms with Crippen molar-refractivity contribution in [3.63, 3.8) is 0 Å². The van der Waals surface area contributed by atoms with Crippen LogP contribution in [0.5, 0.6) is 0 Å². The maximum absolute atomic E-state index is 9.80. The molecule has 2 N–H and O–H groups in total. The van der Waals surface area contributed by atoms with Crippen molar-refractivity contribution in [2.24, 2.45) is 0 Å². The molecule has 2 aromatic rings. The van der Waals surface area contributed by atoms with E-state index in [9.17, 15) is 5.73 Å². The van der Waals surface area contributed by atoms with Gasteiger partial charge in [0.25, 0.3) is 0 Å². The minimum absolute atomic E-state index is 0.0277. The number of nitrogens with one attached hydrogen (secondary N) is 2. The summed E-state index contributed by atoms with van der Waals surface area (Å²) in [5.41, 5.74) is 24.3. The van der Waals surface area contributed by atoms with Crippen LogP contribution in [0, 0.1) is 0 Å². The quantitative estimate of drug-likeness (QED) is 0.335. The topological polar surface area (TPSA) is 47.6 Å². The van der Waals surface area contributed by atoms with Crippen LogP contribution < -0.4 is 0 Å². The summed E-state index contributed by atoms with van der Waals surface area (Å²) in [7, 11) is 9.87. The Morgan fingerprint density at radius 2 is 0.903 bits per heavy atom. The van der Waals surface area contributed by atoms with E-state index in [1.54, 1.807) is 0 Å². The third kappa shape index (κ3) is 6.67. The van der Waals surface area contributed by atoms with E-state index >= 15 is 0 Å². The van der Waals surface area contributed by atoms with Crippen molar-refractivity contribution in [1.82, 2.24) is 0 Å². The van der Waals surface area contributed by atoms with E-state index in [-0.39, 0.29) is 6.54 Å². The first-order valence-electron chi connectivity index (χ1n) is 11.1. The molecule has 0 radical (unpaired) electrons. The molecule has 0 aliphatic heterocycles. The van der Waals surface area contributed by atoms with Crippen molar-refractivity contribution < 1.29 is 20.8 Å². The molecule has 2 nitrogen and oxygen atoms in total. The Bertz CT molecular complexity index is 716. The summed E-state index contributed by atoms with van der Waals surface area (Å²) in [6, 6.07) is 12.9. The zero-order valence-electron chi connectivity index (χ0n) is 20.2. The Morgan fingerprint density at radius 1 is 0.677 bits per heavy atom. The summed E-state index contributed by atoms with van der Waals surface area (Å²) in [6.07, 6.45) is 0. The second-order valence-electron chi connectivity index (χ2n) is 9.40. The number of hydrogen-bond donors (Lipinski definition) is 0. The molecule has 0 unspecified atom stereocenters. The number of rotatable bonds is 7. The van der Waals surface area contributed by atoms with E-state index < -0.39 is 26.4 Å². The molecule has 0 amide bonds. The van der Waals surface area contributed by atoms with Crippen LogP contribution >= 0.6 is 17.0 Å². The third-order valence-corrected chi connectivity index (χ3v) is 5.86. The summed E-state index contributed by atoms with van der Waals surface area (Å²) in [5, 5.41) is 0. The molecule has 2 aromatic carbocycles. The predicted molar refractivity (Wildman–Crippen MR) is 135 cm³/mol. The molecule has 0 aliphatic rings. The van der Waals surface area contributed by atoms with Crippen molar-refractivity contribution in [1.29, 1.82) is 0 Å². The first kappa shape index (κ1) is 28.9. The molecule has 0 saturated carbocycles. The van der Waals surface area contributed by atoms with Gasteiger partial charge in [-0.3, -0.25) is 0 Å². The Labute approximate surface area is 209 Å². The first-order valence-corrected chi connectivity index (χ1v) is 17.4. The molecule has 0 atom stereocenters. The van der Waals surface area contributed by atoms with Crippen molar-refractivity contribution in [2.75, 3.05) is 6.54 Å². The summed E-state index contributed by atoms with van der Waals surface area (Å²) >= 11 is -0.826. The summed E-state index contributed by atoms with van der Waals surface area (Å²) in [4.78, 5) is 0. The van der Waals surface area contributed by atoms with Gasteiger partial charge in [-0.1, -0.05) is 108 Å². The molecule has 0 aromatic heterocycles. The molecule has 0 saturated heterocycles. The van der Waals surface area contributed by atoms with E-state index in [1.165, 1.54) is 22.3 Å². The fourth-order valence-electron chi connectivity index (χ4n) is 4.39. The van der Waals surface area contributed by atoms with E-state index in [1.807, 2.05) is 0 Å². The Morgan fingerprint density at radius 3 is 1.06 bits per heavy atom. The first-order chi connectivity index (χ1) is 14.5. The van der Waals surface area contributed by atoms with Crippen LogP contribution in [-0.2, 0) is 26.4 Å². The average molecular weight is 541 g/mol. The maximum atomic E-state index is 9.80. The Hall–Kier alpha value is -0.177. The summed E-state index contributed by atoms with van der Waals surface area (Å²) in [5.74, 6) is 1.27. The zero-order valence-corrected chi connectivity index (χ0v) is 24.2. The fourth-order valence-corrected chi connectivity index (χ4v) is 4.39. The second kappa shape index (κ2) is 12.9. The van der Waals surface area contributed by atoms with Crippen molar-refractivity contribution in [3.8, 4) is 0 Å². The number of hydrogen-bond acceptors (Lipinski definition) is 0. The van der Waals surface area contributed by atoms with E-state index in [4.69, 9.17) is 22.8 Å². The Kier molecular flexibility index (Phi) is 12.0. The molecule has 2 rings (SSSR count). The van der Waals surface area contributed by atoms with Crippen LogP contribution in [0.1, 0.15) is 112 Å². The van der Waals surface area contributed by atoms with E-state index in [0.717, 1.165) is 11.1 Å². The van der Waals surface area contributed by atoms with Crippen molar-refractivity contribution in [2.45, 2.75) is 84.6 Å². The normalized spacial score (nSPS) is 11.7. The monoisotopic (exact) mass is 538 g/mol.